The highest BCUT2D eigenvalue weighted by Gasteiger charge is 2.33. The maximum absolute atomic E-state index is 13.3. The van der Waals surface area contributed by atoms with Gasteiger partial charge in [-0.15, -0.1) is 0 Å². The van der Waals surface area contributed by atoms with E-state index >= 15 is 0 Å². The van der Waals surface area contributed by atoms with Gasteiger partial charge in [0.2, 0.25) is 0 Å². The number of halogens is 1. The number of aromatic amines is 1. The molecule has 0 bridgehead atoms. The van der Waals surface area contributed by atoms with Crippen LogP contribution < -0.4 is 5.32 Å². The van der Waals surface area contributed by atoms with Gasteiger partial charge in [-0.25, -0.2) is 9.37 Å². The first-order valence-corrected chi connectivity index (χ1v) is 8.59. The zero-order valence-corrected chi connectivity index (χ0v) is 14.4. The van der Waals surface area contributed by atoms with Crippen LogP contribution in [0.1, 0.15) is 58.9 Å². The number of hydrogen-bond acceptors (Lipinski definition) is 5. The van der Waals surface area contributed by atoms with Gasteiger partial charge in [0.1, 0.15) is 12.0 Å². The van der Waals surface area contributed by atoms with Crippen LogP contribution >= 0.6 is 0 Å². The van der Waals surface area contributed by atoms with Crippen molar-refractivity contribution in [3.8, 4) is 0 Å². The average molecular weight is 347 g/mol. The van der Waals surface area contributed by atoms with Crippen LogP contribution in [0.3, 0.4) is 0 Å². The summed E-state index contributed by atoms with van der Waals surface area (Å²) in [5, 5.41) is 14.3. The number of aromatic nitrogens is 5. The third-order valence-electron chi connectivity index (χ3n) is 4.85. The Morgan fingerprint density at radius 2 is 2.28 bits per heavy atom. The van der Waals surface area contributed by atoms with Crippen molar-refractivity contribution in [1.29, 1.82) is 0 Å². The van der Waals surface area contributed by atoms with Crippen LogP contribution in [-0.2, 0) is 13.6 Å². The number of hydrogen-bond donors (Lipinski definition) is 2. The molecule has 2 aliphatic rings. The van der Waals surface area contributed by atoms with Crippen molar-refractivity contribution in [2.45, 2.75) is 43.9 Å². The van der Waals surface area contributed by atoms with Crippen molar-refractivity contribution in [3.63, 3.8) is 0 Å². The Labute approximate surface area is 144 Å². The van der Waals surface area contributed by atoms with Gasteiger partial charge in [-0.3, -0.25) is 14.6 Å². The minimum atomic E-state index is -0.859. The van der Waals surface area contributed by atoms with E-state index in [4.69, 9.17) is 0 Å². The third-order valence-corrected chi connectivity index (χ3v) is 4.85. The Hall–Kier alpha value is -2.29. The summed E-state index contributed by atoms with van der Waals surface area (Å²) in [6, 6.07) is -0.166. The normalized spacial score (nSPS) is 23.2. The number of nitrogens with one attached hydrogen (secondary N) is 2. The maximum Gasteiger partial charge on any atom is 0.257 e. The summed E-state index contributed by atoms with van der Waals surface area (Å²) in [5.41, 5.74) is 1.67. The lowest BCUT2D eigenvalue weighted by Gasteiger charge is -2.15. The molecule has 4 rings (SSSR count). The van der Waals surface area contributed by atoms with Crippen LogP contribution in [0.5, 0.6) is 0 Å². The van der Waals surface area contributed by atoms with E-state index in [0.29, 0.717) is 42.6 Å². The van der Waals surface area contributed by atoms with Gasteiger partial charge in [-0.2, -0.15) is 10.2 Å². The zero-order valence-electron chi connectivity index (χ0n) is 14.4. The van der Waals surface area contributed by atoms with Gasteiger partial charge in [0.25, 0.3) is 5.91 Å². The summed E-state index contributed by atoms with van der Waals surface area (Å²) in [7, 11) is 3.61. The van der Waals surface area contributed by atoms with E-state index < -0.39 is 6.17 Å². The predicted molar refractivity (Wildman–Crippen MR) is 87.6 cm³/mol. The summed E-state index contributed by atoms with van der Waals surface area (Å²) in [5.74, 6) is 1.51. The molecule has 2 fully saturated rings. The molecular formula is C16H22FN7O. The smallest absolute Gasteiger partial charge is 0.257 e. The number of amides is 1. The lowest BCUT2D eigenvalue weighted by Crippen LogP contribution is -2.27. The first kappa shape index (κ1) is 16.2. The summed E-state index contributed by atoms with van der Waals surface area (Å²) in [6.07, 6.45) is 3.38. The highest BCUT2D eigenvalue weighted by Crippen LogP contribution is 2.41. The zero-order chi connectivity index (χ0) is 17.6. The SMILES string of the molecule is CN(Cc1nc([C@H]2C[C@H](F)CN2)n[nH]1)C(=O)c1cnn(C)c1C1CC1. The molecule has 3 heterocycles. The van der Waals surface area contributed by atoms with Crippen LogP contribution in [-0.4, -0.2) is 55.5 Å². The van der Waals surface area contributed by atoms with Gasteiger partial charge in [-0.1, -0.05) is 0 Å². The minimum Gasteiger partial charge on any atom is -0.334 e. The second-order valence-electron chi connectivity index (χ2n) is 6.94. The van der Waals surface area contributed by atoms with Crippen molar-refractivity contribution in [1.82, 2.24) is 35.2 Å². The van der Waals surface area contributed by atoms with Crippen molar-refractivity contribution in [2.75, 3.05) is 13.6 Å². The van der Waals surface area contributed by atoms with Crippen LogP contribution in [0.4, 0.5) is 4.39 Å². The average Bonchev–Trinajstić information content (AvgIpc) is 2.97. The molecule has 2 aromatic rings. The summed E-state index contributed by atoms with van der Waals surface area (Å²) in [6.45, 7) is 0.647. The number of H-pyrrole nitrogens is 1. The molecule has 1 saturated carbocycles. The fourth-order valence-corrected chi connectivity index (χ4v) is 3.38. The summed E-state index contributed by atoms with van der Waals surface area (Å²) < 4.78 is 15.1. The van der Waals surface area contributed by atoms with Gasteiger partial charge in [0.05, 0.1) is 30.0 Å². The van der Waals surface area contributed by atoms with Crippen molar-refractivity contribution in [2.24, 2.45) is 7.05 Å². The Bertz CT molecular complexity index is 781. The quantitative estimate of drug-likeness (QED) is 0.844. The van der Waals surface area contributed by atoms with E-state index in [1.165, 1.54) is 0 Å². The van der Waals surface area contributed by atoms with E-state index in [2.05, 4.69) is 25.6 Å². The van der Waals surface area contributed by atoms with Crippen molar-refractivity contribution < 1.29 is 9.18 Å². The number of rotatable bonds is 5. The molecule has 2 aromatic heterocycles. The van der Waals surface area contributed by atoms with Gasteiger partial charge < -0.3 is 10.2 Å². The molecule has 2 N–H and O–H groups in total. The first-order valence-electron chi connectivity index (χ1n) is 8.59. The van der Waals surface area contributed by atoms with E-state index in [1.54, 1.807) is 22.8 Å². The molecular weight excluding hydrogens is 325 g/mol. The molecule has 2 atom stereocenters. The molecule has 0 unspecified atom stereocenters. The van der Waals surface area contributed by atoms with Crippen LogP contribution in [0.15, 0.2) is 6.20 Å². The third kappa shape index (κ3) is 3.15. The minimum absolute atomic E-state index is 0.0734. The van der Waals surface area contributed by atoms with E-state index in [-0.39, 0.29) is 11.9 Å². The molecule has 0 aromatic carbocycles. The van der Waals surface area contributed by atoms with Crippen LogP contribution in [0.25, 0.3) is 0 Å². The molecule has 8 nitrogen and oxygen atoms in total. The molecule has 25 heavy (non-hydrogen) atoms. The molecule has 0 spiro atoms. The lowest BCUT2D eigenvalue weighted by atomic mass is 10.1. The molecule has 1 aliphatic heterocycles. The largest absolute Gasteiger partial charge is 0.334 e. The number of nitrogens with zero attached hydrogens (tertiary/aromatic N) is 5. The van der Waals surface area contributed by atoms with Crippen LogP contribution in [0, 0.1) is 0 Å². The highest BCUT2D eigenvalue weighted by molar-refractivity contribution is 5.95. The molecule has 1 aliphatic carbocycles. The Morgan fingerprint density at radius 3 is 2.96 bits per heavy atom. The monoisotopic (exact) mass is 347 g/mol. The van der Waals surface area contributed by atoms with Gasteiger partial charge in [-0.05, 0) is 12.8 Å². The lowest BCUT2D eigenvalue weighted by molar-refractivity contribution is 0.0780. The van der Waals surface area contributed by atoms with Gasteiger partial charge in [0, 0.05) is 33.0 Å². The predicted octanol–water partition coefficient (Wildman–Crippen LogP) is 1.06. The van der Waals surface area contributed by atoms with E-state index in [1.807, 2.05) is 7.05 Å². The van der Waals surface area contributed by atoms with E-state index in [0.717, 1.165) is 18.5 Å². The second-order valence-corrected chi connectivity index (χ2v) is 6.94. The Balaban J connectivity index is 1.44. The van der Waals surface area contributed by atoms with Crippen molar-refractivity contribution in [3.05, 3.63) is 29.1 Å². The summed E-state index contributed by atoms with van der Waals surface area (Å²) in [4.78, 5) is 18.8. The second kappa shape index (κ2) is 6.21. The molecule has 134 valence electrons. The molecule has 1 amide bonds. The van der Waals surface area contributed by atoms with E-state index in [9.17, 15) is 9.18 Å². The van der Waals surface area contributed by atoms with Crippen molar-refractivity contribution >= 4 is 5.91 Å². The Kier molecular flexibility index (Phi) is 4.03. The maximum atomic E-state index is 13.3. The van der Waals surface area contributed by atoms with Crippen LogP contribution in [0.2, 0.25) is 0 Å². The van der Waals surface area contributed by atoms with Gasteiger partial charge in [0.15, 0.2) is 5.82 Å². The number of carbonyl (C=O) groups excluding carboxylic acids is 1. The Morgan fingerprint density at radius 1 is 1.48 bits per heavy atom. The number of alkyl halides is 1. The standard InChI is InChI=1S/C16H22FN7O/c1-23(16(25)11-7-19-24(2)14(11)9-3-4-9)8-13-20-15(22-21-13)12-5-10(17)6-18-12/h7,9-10,12,18H,3-6,8H2,1-2H3,(H,20,21,22)/t10-,12+/m0/s1. The highest BCUT2D eigenvalue weighted by atomic mass is 19.1. The molecule has 9 heteroatoms. The number of aryl methyl sites for hydroxylation is 1. The fraction of sp³-hybridized carbons (Fsp3) is 0.625. The topological polar surface area (TPSA) is 91.7 Å². The fourth-order valence-electron chi connectivity index (χ4n) is 3.38. The first-order chi connectivity index (χ1) is 12.0. The molecule has 1 saturated heterocycles. The summed E-state index contributed by atoms with van der Waals surface area (Å²) >= 11 is 0. The molecule has 0 radical (unpaired) electrons. The number of carbonyl (C=O) groups is 1. The van der Waals surface area contributed by atoms with Gasteiger partial charge >= 0.3 is 0 Å².